The van der Waals surface area contributed by atoms with Crippen molar-refractivity contribution < 1.29 is 13.2 Å². The molecule has 0 saturated heterocycles. The quantitative estimate of drug-likeness (QED) is 0.508. The van der Waals surface area contributed by atoms with Crippen LogP contribution < -0.4 is 15.8 Å². The van der Waals surface area contributed by atoms with Gasteiger partial charge in [-0.15, -0.1) is 0 Å². The molecule has 1 aromatic rings. The first kappa shape index (κ1) is 15.8. The first-order valence-corrected chi connectivity index (χ1v) is 8.58. The Hall–Kier alpha value is -1.60. The molecule has 116 valence electrons. The summed E-state index contributed by atoms with van der Waals surface area (Å²) in [5.74, 6) is 0.134. The zero-order valence-electron chi connectivity index (χ0n) is 12.1. The molecule has 1 saturated carbocycles. The molecule has 0 radical (unpaired) electrons. The van der Waals surface area contributed by atoms with E-state index in [-0.39, 0.29) is 23.3 Å². The minimum absolute atomic E-state index is 0.00685. The third kappa shape index (κ3) is 4.18. The Morgan fingerprint density at radius 1 is 1.33 bits per heavy atom. The molecule has 0 bridgehead atoms. The number of nitrogen functional groups attached to an aromatic ring is 1. The lowest BCUT2D eigenvalue weighted by Gasteiger charge is -2.11. The normalized spacial score (nSPS) is 14.9. The summed E-state index contributed by atoms with van der Waals surface area (Å²) in [5, 5.41) is 2.72. The predicted molar refractivity (Wildman–Crippen MR) is 81.2 cm³/mol. The van der Waals surface area contributed by atoms with Crippen molar-refractivity contribution in [3.63, 3.8) is 0 Å². The van der Waals surface area contributed by atoms with Gasteiger partial charge in [0, 0.05) is 24.7 Å². The summed E-state index contributed by atoms with van der Waals surface area (Å²) in [6, 6.07) is 4.87. The molecule has 1 aromatic carbocycles. The predicted octanol–water partition coefficient (Wildman–Crippen LogP) is 0.636. The monoisotopic (exact) mass is 311 g/mol. The SMILES string of the molecule is CCc1ccc(N)cc1S(=O)(=O)NCCNC(=O)C1CC1. The Kier molecular flexibility index (Phi) is 4.84. The van der Waals surface area contributed by atoms with Gasteiger partial charge in [-0.25, -0.2) is 13.1 Å². The molecule has 1 aliphatic carbocycles. The first-order chi connectivity index (χ1) is 9.94. The summed E-state index contributed by atoms with van der Waals surface area (Å²) in [6.07, 6.45) is 2.47. The first-order valence-electron chi connectivity index (χ1n) is 7.10. The van der Waals surface area contributed by atoms with Crippen molar-refractivity contribution in [2.45, 2.75) is 31.1 Å². The zero-order chi connectivity index (χ0) is 15.5. The fourth-order valence-corrected chi connectivity index (χ4v) is 3.43. The second-order valence-electron chi connectivity index (χ2n) is 5.18. The maximum Gasteiger partial charge on any atom is 0.240 e. The number of benzene rings is 1. The third-order valence-corrected chi connectivity index (χ3v) is 4.97. The van der Waals surface area contributed by atoms with E-state index in [1.807, 2.05) is 6.92 Å². The molecule has 1 aliphatic rings. The van der Waals surface area contributed by atoms with Gasteiger partial charge in [-0.2, -0.15) is 0 Å². The van der Waals surface area contributed by atoms with E-state index in [1.165, 1.54) is 6.07 Å². The van der Waals surface area contributed by atoms with Crippen molar-refractivity contribution in [2.24, 2.45) is 5.92 Å². The Balaban J connectivity index is 1.94. The molecule has 0 spiro atoms. The van der Waals surface area contributed by atoms with E-state index in [0.717, 1.165) is 18.4 Å². The van der Waals surface area contributed by atoms with E-state index in [9.17, 15) is 13.2 Å². The molecule has 6 nitrogen and oxygen atoms in total. The summed E-state index contributed by atoms with van der Waals surface area (Å²) >= 11 is 0. The van der Waals surface area contributed by atoms with Crippen LogP contribution in [0.1, 0.15) is 25.3 Å². The highest BCUT2D eigenvalue weighted by Gasteiger charge is 2.29. The largest absolute Gasteiger partial charge is 0.399 e. The average Bonchev–Trinajstić information content (AvgIpc) is 3.28. The summed E-state index contributed by atoms with van der Waals surface area (Å²) in [6.45, 7) is 2.34. The second-order valence-corrected chi connectivity index (χ2v) is 6.92. The molecule has 0 atom stereocenters. The van der Waals surface area contributed by atoms with Crippen LogP contribution in [-0.2, 0) is 21.2 Å². The van der Waals surface area contributed by atoms with Gasteiger partial charge in [0.1, 0.15) is 0 Å². The summed E-state index contributed by atoms with van der Waals surface area (Å²) in [7, 11) is -3.61. The molecule has 2 rings (SSSR count). The fourth-order valence-electron chi connectivity index (χ4n) is 2.05. The Morgan fingerprint density at radius 3 is 2.67 bits per heavy atom. The van der Waals surface area contributed by atoms with Crippen LogP contribution in [0.15, 0.2) is 23.1 Å². The van der Waals surface area contributed by atoms with Gasteiger partial charge in [0.05, 0.1) is 4.90 Å². The number of nitrogens with one attached hydrogen (secondary N) is 2. The van der Waals surface area contributed by atoms with Crippen LogP contribution in [0.3, 0.4) is 0 Å². The third-order valence-electron chi connectivity index (χ3n) is 3.43. The molecule has 0 heterocycles. The van der Waals surface area contributed by atoms with Gasteiger partial charge in [0.2, 0.25) is 15.9 Å². The van der Waals surface area contributed by atoms with Crippen LogP contribution in [0.2, 0.25) is 0 Å². The van der Waals surface area contributed by atoms with Gasteiger partial charge in [0.25, 0.3) is 0 Å². The molecule has 0 aliphatic heterocycles. The zero-order valence-corrected chi connectivity index (χ0v) is 12.9. The van der Waals surface area contributed by atoms with Crippen molar-refractivity contribution in [1.82, 2.24) is 10.0 Å². The number of carbonyl (C=O) groups excluding carboxylic acids is 1. The Bertz CT molecular complexity index is 624. The molecular formula is C14H21N3O3S. The highest BCUT2D eigenvalue weighted by atomic mass is 32.2. The molecule has 21 heavy (non-hydrogen) atoms. The number of hydrogen-bond acceptors (Lipinski definition) is 4. The lowest BCUT2D eigenvalue weighted by molar-refractivity contribution is -0.122. The second kappa shape index (κ2) is 6.44. The van der Waals surface area contributed by atoms with E-state index >= 15 is 0 Å². The van der Waals surface area contributed by atoms with E-state index in [1.54, 1.807) is 12.1 Å². The lowest BCUT2D eigenvalue weighted by Crippen LogP contribution is -2.35. The number of hydrogen-bond donors (Lipinski definition) is 3. The van der Waals surface area contributed by atoms with E-state index in [2.05, 4.69) is 10.0 Å². The highest BCUT2D eigenvalue weighted by Crippen LogP contribution is 2.28. The number of nitrogens with two attached hydrogens (primary N) is 1. The van der Waals surface area contributed by atoms with E-state index in [0.29, 0.717) is 18.7 Å². The Morgan fingerprint density at radius 2 is 2.05 bits per heavy atom. The van der Waals surface area contributed by atoms with Crippen molar-refractivity contribution in [3.05, 3.63) is 23.8 Å². The minimum atomic E-state index is -3.61. The van der Waals surface area contributed by atoms with Gasteiger partial charge < -0.3 is 11.1 Å². The number of aryl methyl sites for hydroxylation is 1. The number of anilines is 1. The summed E-state index contributed by atoms with van der Waals surface area (Å²) in [4.78, 5) is 11.6. The minimum Gasteiger partial charge on any atom is -0.399 e. The maximum absolute atomic E-state index is 12.3. The molecule has 1 fully saturated rings. The van der Waals surface area contributed by atoms with Crippen molar-refractivity contribution in [1.29, 1.82) is 0 Å². The van der Waals surface area contributed by atoms with Gasteiger partial charge in [-0.05, 0) is 37.0 Å². The maximum atomic E-state index is 12.3. The van der Waals surface area contributed by atoms with Gasteiger partial charge >= 0.3 is 0 Å². The average molecular weight is 311 g/mol. The fraction of sp³-hybridized carbons (Fsp3) is 0.500. The number of sulfonamides is 1. The number of rotatable bonds is 7. The molecule has 0 unspecified atom stereocenters. The highest BCUT2D eigenvalue weighted by molar-refractivity contribution is 7.89. The van der Waals surface area contributed by atoms with Crippen molar-refractivity contribution >= 4 is 21.6 Å². The number of carbonyl (C=O) groups is 1. The van der Waals surface area contributed by atoms with Gasteiger partial charge in [0.15, 0.2) is 0 Å². The van der Waals surface area contributed by atoms with Gasteiger partial charge in [-0.1, -0.05) is 13.0 Å². The van der Waals surface area contributed by atoms with Crippen molar-refractivity contribution in [2.75, 3.05) is 18.8 Å². The van der Waals surface area contributed by atoms with E-state index in [4.69, 9.17) is 5.73 Å². The lowest BCUT2D eigenvalue weighted by atomic mass is 10.1. The van der Waals surface area contributed by atoms with Crippen LogP contribution in [0.5, 0.6) is 0 Å². The van der Waals surface area contributed by atoms with Crippen LogP contribution in [0, 0.1) is 5.92 Å². The molecule has 7 heteroatoms. The molecule has 0 aromatic heterocycles. The molecule has 1 amide bonds. The standard InChI is InChI=1S/C14H21N3O3S/c1-2-10-5-6-12(15)9-13(10)21(19,20)17-8-7-16-14(18)11-3-4-11/h5-6,9,11,17H,2-4,7-8,15H2,1H3,(H,16,18). The molecule has 4 N–H and O–H groups in total. The van der Waals surface area contributed by atoms with Crippen molar-refractivity contribution in [3.8, 4) is 0 Å². The van der Waals surface area contributed by atoms with Crippen LogP contribution in [0.4, 0.5) is 5.69 Å². The van der Waals surface area contributed by atoms with Crippen LogP contribution in [-0.4, -0.2) is 27.4 Å². The van der Waals surface area contributed by atoms with Gasteiger partial charge in [-0.3, -0.25) is 4.79 Å². The topological polar surface area (TPSA) is 101 Å². The van der Waals surface area contributed by atoms with E-state index < -0.39 is 10.0 Å². The smallest absolute Gasteiger partial charge is 0.240 e. The number of amides is 1. The van der Waals surface area contributed by atoms with Crippen LogP contribution in [0.25, 0.3) is 0 Å². The summed E-state index contributed by atoms with van der Waals surface area (Å²) in [5.41, 5.74) is 6.80. The molecular weight excluding hydrogens is 290 g/mol. The Labute approximate surface area is 125 Å². The summed E-state index contributed by atoms with van der Waals surface area (Å²) < 4.78 is 27.0. The van der Waals surface area contributed by atoms with Crippen LogP contribution >= 0.6 is 0 Å².